The molecule has 0 aromatic carbocycles. The third-order valence-electron chi connectivity index (χ3n) is 2.33. The van der Waals surface area contributed by atoms with Gasteiger partial charge in [-0.2, -0.15) is 0 Å². The van der Waals surface area contributed by atoms with Crippen LogP contribution in [0.2, 0.25) is 0 Å². The van der Waals surface area contributed by atoms with Crippen LogP contribution in [0.15, 0.2) is 41.4 Å². The van der Waals surface area contributed by atoms with Gasteiger partial charge in [-0.1, -0.05) is 0 Å². The van der Waals surface area contributed by atoms with Gasteiger partial charge in [-0.05, 0) is 28.1 Å². The molecule has 5 heteroatoms. The normalized spacial score (nSPS) is 12.2. The highest BCUT2D eigenvalue weighted by molar-refractivity contribution is 9.10. The maximum absolute atomic E-state index is 10.2. The van der Waals surface area contributed by atoms with Crippen LogP contribution in [-0.4, -0.2) is 22.2 Å². The second-order valence-corrected chi connectivity index (χ2v) is 4.41. The molecule has 88 valence electrons. The molecule has 0 fully saturated rings. The quantitative estimate of drug-likeness (QED) is 0.944. The summed E-state index contributed by atoms with van der Waals surface area (Å²) in [5.74, 6) is 0.615. The molecule has 0 amide bonds. The molecule has 2 aromatic heterocycles. The summed E-state index contributed by atoms with van der Waals surface area (Å²) < 4.78 is 5.89. The lowest BCUT2D eigenvalue weighted by atomic mass is 10.1. The number of hydrogen-bond acceptors (Lipinski definition) is 4. The van der Waals surface area contributed by atoms with Crippen LogP contribution in [0.3, 0.4) is 0 Å². The Morgan fingerprint density at radius 1 is 1.12 bits per heavy atom. The number of methoxy groups -OCH3 is 1. The lowest BCUT2D eigenvalue weighted by Crippen LogP contribution is -2.01. The van der Waals surface area contributed by atoms with Crippen molar-refractivity contribution in [3.8, 4) is 5.75 Å². The second-order valence-electron chi connectivity index (χ2n) is 3.50. The molecule has 0 bridgehead atoms. The molecule has 1 atom stereocenters. The molecule has 2 heterocycles. The van der Waals surface area contributed by atoms with Crippen molar-refractivity contribution in [2.75, 3.05) is 7.11 Å². The highest BCUT2D eigenvalue weighted by Gasteiger charge is 2.12. The molecule has 17 heavy (non-hydrogen) atoms. The van der Waals surface area contributed by atoms with E-state index in [4.69, 9.17) is 4.74 Å². The summed E-state index contributed by atoms with van der Waals surface area (Å²) in [5, 5.41) is 10.2. The van der Waals surface area contributed by atoms with Crippen LogP contribution in [0.25, 0.3) is 0 Å². The predicted molar refractivity (Wildman–Crippen MR) is 66.8 cm³/mol. The van der Waals surface area contributed by atoms with Gasteiger partial charge in [-0.15, -0.1) is 0 Å². The number of aromatic nitrogens is 2. The van der Waals surface area contributed by atoms with Crippen LogP contribution < -0.4 is 4.74 Å². The summed E-state index contributed by atoms with van der Waals surface area (Å²) in [6, 6.07) is 3.57. The molecule has 0 aliphatic carbocycles. The van der Waals surface area contributed by atoms with Crippen LogP contribution in [0.1, 0.15) is 17.2 Å². The minimum atomic E-state index is -0.761. The van der Waals surface area contributed by atoms with Crippen molar-refractivity contribution in [2.45, 2.75) is 6.10 Å². The van der Waals surface area contributed by atoms with Crippen LogP contribution in [0, 0.1) is 0 Å². The van der Waals surface area contributed by atoms with E-state index < -0.39 is 6.10 Å². The van der Waals surface area contributed by atoms with Crippen LogP contribution in [-0.2, 0) is 0 Å². The Morgan fingerprint density at radius 2 is 1.76 bits per heavy atom. The van der Waals surface area contributed by atoms with Crippen molar-refractivity contribution >= 4 is 15.9 Å². The van der Waals surface area contributed by atoms with E-state index in [9.17, 15) is 5.11 Å². The number of rotatable bonds is 3. The Bertz CT molecular complexity index is 519. The second kappa shape index (κ2) is 5.25. The average Bonchev–Trinajstić information content (AvgIpc) is 2.38. The number of halogens is 1. The van der Waals surface area contributed by atoms with E-state index in [2.05, 4.69) is 25.9 Å². The molecule has 0 aliphatic rings. The van der Waals surface area contributed by atoms with Gasteiger partial charge in [-0.25, -0.2) is 0 Å². The van der Waals surface area contributed by atoms with Gasteiger partial charge in [0, 0.05) is 34.2 Å². The molecular formula is C12H11BrN2O2. The van der Waals surface area contributed by atoms with Crippen molar-refractivity contribution < 1.29 is 9.84 Å². The first kappa shape index (κ1) is 12.0. The number of aliphatic hydroxyl groups excluding tert-OH is 1. The minimum Gasteiger partial charge on any atom is -0.495 e. The topological polar surface area (TPSA) is 55.2 Å². The summed E-state index contributed by atoms with van der Waals surface area (Å²) in [5.41, 5.74) is 1.37. The molecule has 0 aliphatic heterocycles. The Kier molecular flexibility index (Phi) is 3.71. The van der Waals surface area contributed by atoms with Gasteiger partial charge in [0.1, 0.15) is 11.9 Å². The van der Waals surface area contributed by atoms with Gasteiger partial charge < -0.3 is 9.84 Å². The molecule has 2 rings (SSSR count). The SMILES string of the molecule is COc1cncc(C(O)c2cncc(Br)c2)c1. The fourth-order valence-corrected chi connectivity index (χ4v) is 1.85. The smallest absolute Gasteiger partial charge is 0.137 e. The van der Waals surface area contributed by atoms with Crippen molar-refractivity contribution in [2.24, 2.45) is 0 Å². The largest absolute Gasteiger partial charge is 0.495 e. The molecule has 0 saturated heterocycles. The Balaban J connectivity index is 2.33. The van der Waals surface area contributed by atoms with Gasteiger partial charge in [0.15, 0.2) is 0 Å². The Morgan fingerprint density at radius 3 is 2.41 bits per heavy atom. The zero-order valence-electron chi connectivity index (χ0n) is 9.17. The molecule has 2 aromatic rings. The fraction of sp³-hybridized carbons (Fsp3) is 0.167. The van der Waals surface area contributed by atoms with E-state index in [0.29, 0.717) is 16.9 Å². The van der Waals surface area contributed by atoms with Gasteiger partial charge in [0.25, 0.3) is 0 Å². The maximum atomic E-state index is 10.2. The summed E-state index contributed by atoms with van der Waals surface area (Å²) in [7, 11) is 1.56. The first-order chi connectivity index (χ1) is 8.20. The third-order valence-corrected chi connectivity index (χ3v) is 2.76. The average molecular weight is 295 g/mol. The monoisotopic (exact) mass is 294 g/mol. The maximum Gasteiger partial charge on any atom is 0.137 e. The zero-order valence-corrected chi connectivity index (χ0v) is 10.8. The van der Waals surface area contributed by atoms with Crippen LogP contribution in [0.5, 0.6) is 5.75 Å². The molecule has 0 spiro atoms. The van der Waals surface area contributed by atoms with Crippen molar-refractivity contribution in [1.82, 2.24) is 9.97 Å². The molecule has 0 radical (unpaired) electrons. The lowest BCUT2D eigenvalue weighted by Gasteiger charge is -2.11. The third kappa shape index (κ3) is 2.81. The van der Waals surface area contributed by atoms with Crippen molar-refractivity contribution in [3.05, 3.63) is 52.5 Å². The van der Waals surface area contributed by atoms with E-state index in [1.54, 1.807) is 38.0 Å². The van der Waals surface area contributed by atoms with E-state index >= 15 is 0 Å². The van der Waals surface area contributed by atoms with Crippen LogP contribution in [0.4, 0.5) is 0 Å². The fourth-order valence-electron chi connectivity index (χ4n) is 1.47. The molecule has 4 nitrogen and oxygen atoms in total. The molecule has 0 saturated carbocycles. The number of hydrogen-bond donors (Lipinski definition) is 1. The zero-order chi connectivity index (χ0) is 12.3. The summed E-state index contributed by atoms with van der Waals surface area (Å²) in [4.78, 5) is 8.02. The van der Waals surface area contributed by atoms with Crippen molar-refractivity contribution in [3.63, 3.8) is 0 Å². The number of pyridine rings is 2. The number of aliphatic hydroxyl groups is 1. The summed E-state index contributed by atoms with van der Waals surface area (Å²) in [6.07, 6.45) is 5.72. The van der Waals surface area contributed by atoms with Crippen molar-refractivity contribution in [1.29, 1.82) is 0 Å². The highest BCUT2D eigenvalue weighted by atomic mass is 79.9. The van der Waals surface area contributed by atoms with Gasteiger partial charge in [-0.3, -0.25) is 9.97 Å². The minimum absolute atomic E-state index is 0.615. The molecule has 1 unspecified atom stereocenters. The number of nitrogens with zero attached hydrogens (tertiary/aromatic N) is 2. The number of ether oxygens (including phenoxy) is 1. The predicted octanol–water partition coefficient (Wildman–Crippen LogP) is 2.33. The first-order valence-corrected chi connectivity index (χ1v) is 5.77. The van der Waals surface area contributed by atoms with Gasteiger partial charge in [0.2, 0.25) is 0 Å². The summed E-state index contributed by atoms with van der Waals surface area (Å²) >= 11 is 3.32. The Labute approximate surface area is 107 Å². The van der Waals surface area contributed by atoms with E-state index in [1.807, 2.05) is 6.07 Å². The van der Waals surface area contributed by atoms with Gasteiger partial charge in [0.05, 0.1) is 13.3 Å². The molecule has 1 N–H and O–H groups in total. The molecular weight excluding hydrogens is 284 g/mol. The van der Waals surface area contributed by atoms with E-state index in [1.165, 1.54) is 0 Å². The van der Waals surface area contributed by atoms with Gasteiger partial charge >= 0.3 is 0 Å². The van der Waals surface area contributed by atoms with E-state index in [-0.39, 0.29) is 0 Å². The van der Waals surface area contributed by atoms with E-state index in [0.717, 1.165) is 4.47 Å². The van der Waals surface area contributed by atoms with Crippen LogP contribution >= 0.6 is 15.9 Å². The highest BCUT2D eigenvalue weighted by Crippen LogP contribution is 2.25. The first-order valence-electron chi connectivity index (χ1n) is 4.98. The summed E-state index contributed by atoms with van der Waals surface area (Å²) in [6.45, 7) is 0. The lowest BCUT2D eigenvalue weighted by molar-refractivity contribution is 0.218. The standard InChI is InChI=1S/C12H11BrN2O2/c1-17-11-3-9(5-15-7-11)12(16)8-2-10(13)6-14-4-8/h2-7,12,16H,1H3. The Hall–Kier alpha value is -1.46.